The SMILES string of the molecule is CC(C)(C)CC(C(O)OCc1ccc2ccccc2c1)C(C)(C)C. The zero-order valence-corrected chi connectivity index (χ0v) is 16.0. The lowest BCUT2D eigenvalue weighted by Gasteiger charge is -2.38. The molecule has 2 heteroatoms. The average molecular weight is 328 g/mol. The van der Waals surface area contributed by atoms with Gasteiger partial charge in [0.15, 0.2) is 6.29 Å². The number of benzene rings is 2. The number of rotatable bonds is 5. The summed E-state index contributed by atoms with van der Waals surface area (Å²) in [5.74, 6) is 0.0953. The minimum Gasteiger partial charge on any atom is -0.368 e. The van der Waals surface area contributed by atoms with Gasteiger partial charge < -0.3 is 9.84 Å². The summed E-state index contributed by atoms with van der Waals surface area (Å²) in [4.78, 5) is 0. The van der Waals surface area contributed by atoms with Gasteiger partial charge >= 0.3 is 0 Å². The highest BCUT2D eigenvalue weighted by molar-refractivity contribution is 5.82. The Kier molecular flexibility index (Phi) is 5.72. The van der Waals surface area contributed by atoms with Crippen molar-refractivity contribution in [2.45, 2.75) is 60.9 Å². The van der Waals surface area contributed by atoms with Gasteiger partial charge in [-0.25, -0.2) is 0 Å². The first kappa shape index (κ1) is 19.0. The van der Waals surface area contributed by atoms with E-state index in [1.165, 1.54) is 10.8 Å². The van der Waals surface area contributed by atoms with Gasteiger partial charge in [0.2, 0.25) is 0 Å². The van der Waals surface area contributed by atoms with Crippen LogP contribution in [0.5, 0.6) is 0 Å². The van der Waals surface area contributed by atoms with Crippen LogP contribution in [0.25, 0.3) is 10.8 Å². The normalized spacial score (nSPS) is 15.5. The van der Waals surface area contributed by atoms with Gasteiger partial charge in [-0.15, -0.1) is 0 Å². The van der Waals surface area contributed by atoms with Gasteiger partial charge in [0.05, 0.1) is 6.61 Å². The molecule has 2 aromatic carbocycles. The molecule has 2 atom stereocenters. The molecule has 0 spiro atoms. The monoisotopic (exact) mass is 328 g/mol. The van der Waals surface area contributed by atoms with E-state index in [1.54, 1.807) is 0 Å². The van der Waals surface area contributed by atoms with Crippen molar-refractivity contribution in [2.75, 3.05) is 0 Å². The second-order valence-electron chi connectivity index (χ2n) is 9.12. The summed E-state index contributed by atoms with van der Waals surface area (Å²) in [7, 11) is 0. The number of ether oxygens (including phenoxy) is 1. The molecular formula is C22H32O2. The first-order valence-electron chi connectivity index (χ1n) is 8.84. The first-order chi connectivity index (χ1) is 11.1. The molecule has 0 saturated carbocycles. The molecule has 2 aromatic rings. The van der Waals surface area contributed by atoms with E-state index < -0.39 is 6.29 Å². The third-order valence-electron chi connectivity index (χ3n) is 4.52. The Bertz CT molecular complexity index is 661. The van der Waals surface area contributed by atoms with E-state index in [9.17, 15) is 5.11 Å². The van der Waals surface area contributed by atoms with E-state index in [-0.39, 0.29) is 16.7 Å². The summed E-state index contributed by atoms with van der Waals surface area (Å²) in [6.45, 7) is 13.6. The van der Waals surface area contributed by atoms with Crippen LogP contribution in [-0.4, -0.2) is 11.4 Å². The first-order valence-corrected chi connectivity index (χ1v) is 8.84. The van der Waals surface area contributed by atoms with Crippen molar-refractivity contribution in [2.24, 2.45) is 16.7 Å². The van der Waals surface area contributed by atoms with E-state index in [1.807, 2.05) is 12.1 Å². The Hall–Kier alpha value is -1.38. The van der Waals surface area contributed by atoms with Gasteiger partial charge in [0.25, 0.3) is 0 Å². The molecule has 0 aliphatic rings. The molecule has 0 fully saturated rings. The molecule has 0 saturated heterocycles. The maximum absolute atomic E-state index is 10.7. The Morgan fingerprint density at radius 1 is 0.917 bits per heavy atom. The van der Waals surface area contributed by atoms with E-state index in [2.05, 4.69) is 71.9 Å². The van der Waals surface area contributed by atoms with Crippen LogP contribution < -0.4 is 0 Å². The van der Waals surface area contributed by atoms with Crippen molar-refractivity contribution in [1.82, 2.24) is 0 Å². The Balaban J connectivity index is 2.07. The molecule has 0 aromatic heterocycles. The van der Waals surface area contributed by atoms with Gasteiger partial charge in [-0.3, -0.25) is 0 Å². The highest BCUT2D eigenvalue weighted by atomic mass is 16.6. The fraction of sp³-hybridized carbons (Fsp3) is 0.545. The second-order valence-corrected chi connectivity index (χ2v) is 9.12. The van der Waals surface area contributed by atoms with E-state index in [0.717, 1.165) is 12.0 Å². The molecule has 2 rings (SSSR count). The molecule has 0 aliphatic carbocycles. The zero-order valence-electron chi connectivity index (χ0n) is 16.0. The van der Waals surface area contributed by atoms with Crippen molar-refractivity contribution >= 4 is 10.8 Å². The minimum absolute atomic E-state index is 0.00389. The van der Waals surface area contributed by atoms with Crippen molar-refractivity contribution in [3.63, 3.8) is 0 Å². The molecule has 0 bridgehead atoms. The predicted octanol–water partition coefficient (Wildman–Crippen LogP) is 5.77. The average Bonchev–Trinajstić information content (AvgIpc) is 2.48. The van der Waals surface area contributed by atoms with Gasteiger partial charge in [-0.1, -0.05) is 77.9 Å². The van der Waals surface area contributed by atoms with Crippen LogP contribution in [0.4, 0.5) is 0 Å². The van der Waals surface area contributed by atoms with Crippen molar-refractivity contribution in [3.05, 3.63) is 48.0 Å². The van der Waals surface area contributed by atoms with Crippen LogP contribution in [0, 0.1) is 16.7 Å². The van der Waals surface area contributed by atoms with Crippen molar-refractivity contribution < 1.29 is 9.84 Å². The highest BCUT2D eigenvalue weighted by Gasteiger charge is 2.35. The molecule has 2 unspecified atom stereocenters. The predicted molar refractivity (Wildman–Crippen MR) is 102 cm³/mol. The molecule has 24 heavy (non-hydrogen) atoms. The Labute approximate surface area is 146 Å². The van der Waals surface area contributed by atoms with Crippen molar-refractivity contribution in [1.29, 1.82) is 0 Å². The van der Waals surface area contributed by atoms with E-state index >= 15 is 0 Å². The molecule has 132 valence electrons. The minimum atomic E-state index is -0.754. The largest absolute Gasteiger partial charge is 0.368 e. The third kappa shape index (κ3) is 5.32. The second kappa shape index (κ2) is 7.25. The smallest absolute Gasteiger partial charge is 0.158 e. The Morgan fingerprint density at radius 3 is 2.12 bits per heavy atom. The molecule has 2 nitrogen and oxygen atoms in total. The van der Waals surface area contributed by atoms with Gasteiger partial charge in [0, 0.05) is 5.92 Å². The zero-order chi connectivity index (χ0) is 18.0. The van der Waals surface area contributed by atoms with Crippen LogP contribution in [0.3, 0.4) is 0 Å². The summed E-state index contributed by atoms with van der Waals surface area (Å²) in [5.41, 5.74) is 1.25. The molecule has 0 heterocycles. The summed E-state index contributed by atoms with van der Waals surface area (Å²) in [5, 5.41) is 13.1. The van der Waals surface area contributed by atoms with Gasteiger partial charge in [0.1, 0.15) is 0 Å². The van der Waals surface area contributed by atoms with Crippen LogP contribution >= 0.6 is 0 Å². The maximum Gasteiger partial charge on any atom is 0.158 e. The number of hydrogen-bond donors (Lipinski definition) is 1. The molecule has 0 aliphatic heterocycles. The maximum atomic E-state index is 10.7. The summed E-state index contributed by atoms with van der Waals surface area (Å²) in [6.07, 6.45) is 0.172. The standard InChI is InChI=1S/C22H32O2/c1-21(2,3)14-19(22(4,5)6)20(23)24-15-16-11-12-17-9-7-8-10-18(17)13-16/h7-13,19-20,23H,14-15H2,1-6H3. The lowest BCUT2D eigenvalue weighted by atomic mass is 9.72. The van der Waals surface area contributed by atoms with E-state index in [0.29, 0.717) is 6.61 Å². The van der Waals surface area contributed by atoms with Gasteiger partial charge in [-0.2, -0.15) is 0 Å². The number of fused-ring (bicyclic) bond motifs is 1. The topological polar surface area (TPSA) is 29.5 Å². The van der Waals surface area contributed by atoms with Crippen LogP contribution in [0.2, 0.25) is 0 Å². The van der Waals surface area contributed by atoms with Gasteiger partial charge in [-0.05, 0) is 39.7 Å². The lowest BCUT2D eigenvalue weighted by Crippen LogP contribution is -2.36. The molecule has 0 amide bonds. The van der Waals surface area contributed by atoms with E-state index in [4.69, 9.17) is 4.74 Å². The number of aliphatic hydroxyl groups is 1. The number of hydrogen-bond acceptors (Lipinski definition) is 2. The highest BCUT2D eigenvalue weighted by Crippen LogP contribution is 2.38. The number of aliphatic hydroxyl groups excluding tert-OH is 1. The third-order valence-corrected chi connectivity index (χ3v) is 4.52. The summed E-state index contributed by atoms with van der Waals surface area (Å²) < 4.78 is 5.87. The molecule has 1 N–H and O–H groups in total. The fourth-order valence-electron chi connectivity index (χ4n) is 3.12. The fourth-order valence-corrected chi connectivity index (χ4v) is 3.12. The van der Waals surface area contributed by atoms with Crippen LogP contribution in [-0.2, 0) is 11.3 Å². The van der Waals surface area contributed by atoms with Crippen LogP contribution in [0.1, 0.15) is 53.5 Å². The molecule has 0 radical (unpaired) electrons. The molecular weight excluding hydrogens is 296 g/mol. The lowest BCUT2D eigenvalue weighted by molar-refractivity contribution is -0.171. The van der Waals surface area contributed by atoms with Crippen LogP contribution in [0.15, 0.2) is 42.5 Å². The summed E-state index contributed by atoms with van der Waals surface area (Å²) in [6, 6.07) is 14.6. The van der Waals surface area contributed by atoms with Crippen molar-refractivity contribution in [3.8, 4) is 0 Å². The Morgan fingerprint density at radius 2 is 1.54 bits per heavy atom. The quantitative estimate of drug-likeness (QED) is 0.706. The summed E-state index contributed by atoms with van der Waals surface area (Å²) >= 11 is 0.